The summed E-state index contributed by atoms with van der Waals surface area (Å²) in [7, 11) is 0. The zero-order valence-corrected chi connectivity index (χ0v) is 32.2. The fourth-order valence-corrected chi connectivity index (χ4v) is 10.8. The maximum atomic E-state index is 2.50. The second-order valence-corrected chi connectivity index (χ2v) is 16.0. The number of fused-ring (bicyclic) bond motifs is 15. The first-order chi connectivity index (χ1) is 29.3. The molecule has 2 aliphatic carbocycles. The third-order valence-electron chi connectivity index (χ3n) is 13.2. The second kappa shape index (κ2) is 12.2. The van der Waals surface area contributed by atoms with E-state index in [0.29, 0.717) is 0 Å². The van der Waals surface area contributed by atoms with E-state index in [1.807, 2.05) is 0 Å². The first-order valence-corrected chi connectivity index (χ1v) is 20.5. The molecule has 11 aromatic rings. The van der Waals surface area contributed by atoms with Gasteiger partial charge in [-0.2, -0.15) is 0 Å². The standard InChI is InChI=1S/C57H36N2/c1-3-16-37(17-4-1)49-36-58(40-19-5-2-6-20-40)55-48(49)33-32-47-46-25-10-14-29-54(46)59(56(47)55)41-21-15-18-38(34-41)39-30-31-45-44-24-9-13-28-52(44)57(53(45)35-39)50-26-11-7-22-42(50)43-23-8-12-27-51(43)57/h1-36H. The van der Waals surface area contributed by atoms with Crippen LogP contribution in [0.5, 0.6) is 0 Å². The highest BCUT2D eigenvalue weighted by Gasteiger charge is 2.51. The number of aromatic nitrogens is 2. The van der Waals surface area contributed by atoms with Crippen LogP contribution >= 0.6 is 0 Å². The Hall–Kier alpha value is -7.68. The van der Waals surface area contributed by atoms with Crippen molar-refractivity contribution < 1.29 is 0 Å². The van der Waals surface area contributed by atoms with E-state index in [1.54, 1.807) is 0 Å². The van der Waals surface area contributed by atoms with E-state index in [2.05, 4.69) is 228 Å². The Morgan fingerprint density at radius 1 is 0.305 bits per heavy atom. The molecule has 2 aliphatic rings. The van der Waals surface area contributed by atoms with Gasteiger partial charge < -0.3 is 9.13 Å². The van der Waals surface area contributed by atoms with Gasteiger partial charge in [-0.3, -0.25) is 0 Å². The van der Waals surface area contributed by atoms with E-state index in [0.717, 1.165) is 11.4 Å². The van der Waals surface area contributed by atoms with Crippen molar-refractivity contribution in [1.82, 2.24) is 9.13 Å². The summed E-state index contributed by atoms with van der Waals surface area (Å²) in [5.41, 5.74) is 21.1. The molecular weight excluding hydrogens is 713 g/mol. The average molecular weight is 749 g/mol. The summed E-state index contributed by atoms with van der Waals surface area (Å²) in [6, 6.07) is 78.6. The van der Waals surface area contributed by atoms with Gasteiger partial charge in [0.15, 0.2) is 0 Å². The maximum Gasteiger partial charge on any atom is 0.0788 e. The van der Waals surface area contributed by atoms with Gasteiger partial charge in [0, 0.05) is 39.3 Å². The van der Waals surface area contributed by atoms with Gasteiger partial charge in [0.1, 0.15) is 0 Å². The highest BCUT2D eigenvalue weighted by Crippen LogP contribution is 2.63. The fraction of sp³-hybridized carbons (Fsp3) is 0.0175. The zero-order valence-electron chi connectivity index (χ0n) is 32.2. The molecular formula is C57H36N2. The van der Waals surface area contributed by atoms with Gasteiger partial charge in [-0.25, -0.2) is 0 Å². The van der Waals surface area contributed by atoms with Crippen molar-refractivity contribution in [1.29, 1.82) is 0 Å². The number of rotatable bonds is 4. The van der Waals surface area contributed by atoms with E-state index in [9.17, 15) is 0 Å². The summed E-state index contributed by atoms with van der Waals surface area (Å²) >= 11 is 0. The smallest absolute Gasteiger partial charge is 0.0788 e. The van der Waals surface area contributed by atoms with Gasteiger partial charge in [0.25, 0.3) is 0 Å². The molecule has 13 rings (SSSR count). The minimum atomic E-state index is -0.384. The SMILES string of the molecule is c1ccc(-c2cn(-c3ccccc3)c3c2ccc2c4ccccc4n(-c4cccc(-c5ccc6c(c5)C5(c7ccccc7-c7ccccc75)c5ccccc5-6)c4)c23)cc1. The molecule has 2 nitrogen and oxygen atoms in total. The minimum absolute atomic E-state index is 0.384. The van der Waals surface area contributed by atoms with Crippen molar-refractivity contribution in [3.63, 3.8) is 0 Å². The van der Waals surface area contributed by atoms with Crippen LogP contribution in [0.4, 0.5) is 0 Å². The molecule has 0 aliphatic heterocycles. The van der Waals surface area contributed by atoms with E-state index in [1.165, 1.54) is 99.5 Å². The molecule has 0 radical (unpaired) electrons. The summed E-state index contributed by atoms with van der Waals surface area (Å²) in [4.78, 5) is 0. The van der Waals surface area contributed by atoms with Gasteiger partial charge in [-0.1, -0.05) is 176 Å². The zero-order chi connectivity index (χ0) is 38.7. The highest BCUT2D eigenvalue weighted by molar-refractivity contribution is 6.20. The summed E-state index contributed by atoms with van der Waals surface area (Å²) in [5.74, 6) is 0. The van der Waals surface area contributed by atoms with Crippen molar-refractivity contribution in [2.75, 3.05) is 0 Å². The van der Waals surface area contributed by atoms with Crippen LogP contribution in [0.3, 0.4) is 0 Å². The molecule has 0 saturated carbocycles. The second-order valence-electron chi connectivity index (χ2n) is 16.0. The molecule has 0 amide bonds. The fourth-order valence-electron chi connectivity index (χ4n) is 10.8. The molecule has 0 unspecified atom stereocenters. The average Bonchev–Trinajstić information content (AvgIpc) is 4.04. The lowest BCUT2D eigenvalue weighted by molar-refractivity contribution is 0.794. The molecule has 9 aromatic carbocycles. The summed E-state index contributed by atoms with van der Waals surface area (Å²) in [6.45, 7) is 0. The van der Waals surface area contributed by atoms with Crippen molar-refractivity contribution >= 4 is 32.7 Å². The van der Waals surface area contributed by atoms with Crippen LogP contribution in [0.2, 0.25) is 0 Å². The van der Waals surface area contributed by atoms with Gasteiger partial charge in [-0.05, 0) is 97.6 Å². The summed E-state index contributed by atoms with van der Waals surface area (Å²) in [6.07, 6.45) is 2.32. The topological polar surface area (TPSA) is 9.86 Å². The molecule has 59 heavy (non-hydrogen) atoms. The molecule has 274 valence electrons. The highest BCUT2D eigenvalue weighted by atomic mass is 15.0. The van der Waals surface area contributed by atoms with Crippen LogP contribution in [-0.2, 0) is 5.41 Å². The molecule has 0 saturated heterocycles. The van der Waals surface area contributed by atoms with Crippen LogP contribution in [0.25, 0.3) is 88.6 Å². The molecule has 1 spiro atoms. The molecule has 0 atom stereocenters. The van der Waals surface area contributed by atoms with Crippen LogP contribution < -0.4 is 0 Å². The van der Waals surface area contributed by atoms with Crippen LogP contribution in [-0.4, -0.2) is 9.13 Å². The predicted octanol–water partition coefficient (Wildman–Crippen LogP) is 14.4. The molecule has 2 heteroatoms. The van der Waals surface area contributed by atoms with Crippen LogP contribution in [0, 0.1) is 0 Å². The lowest BCUT2D eigenvalue weighted by atomic mass is 9.70. The number of para-hydroxylation sites is 2. The van der Waals surface area contributed by atoms with Gasteiger partial charge in [0.05, 0.1) is 22.0 Å². The maximum absolute atomic E-state index is 2.50. The third-order valence-corrected chi connectivity index (χ3v) is 13.2. The molecule has 0 bridgehead atoms. The Bertz CT molecular complexity index is 3430. The minimum Gasteiger partial charge on any atom is -0.314 e. The molecule has 0 N–H and O–H groups in total. The summed E-state index contributed by atoms with van der Waals surface area (Å²) < 4.78 is 4.90. The quantitative estimate of drug-likeness (QED) is 0.170. The van der Waals surface area contributed by atoms with Gasteiger partial charge in [0.2, 0.25) is 0 Å². The van der Waals surface area contributed by atoms with Crippen LogP contribution in [0.15, 0.2) is 219 Å². The van der Waals surface area contributed by atoms with Crippen molar-refractivity contribution in [3.8, 4) is 55.9 Å². The van der Waals surface area contributed by atoms with E-state index in [-0.39, 0.29) is 5.41 Å². The Balaban J connectivity index is 1.06. The monoisotopic (exact) mass is 748 g/mol. The first-order valence-electron chi connectivity index (χ1n) is 20.5. The Morgan fingerprint density at radius 2 is 0.847 bits per heavy atom. The van der Waals surface area contributed by atoms with Crippen molar-refractivity contribution in [2.45, 2.75) is 5.41 Å². The summed E-state index contributed by atoms with van der Waals surface area (Å²) in [5, 5.41) is 3.71. The first kappa shape index (κ1) is 32.4. The molecule has 2 heterocycles. The number of hydrogen-bond acceptors (Lipinski definition) is 0. The molecule has 2 aromatic heterocycles. The third kappa shape index (κ3) is 4.35. The van der Waals surface area contributed by atoms with Gasteiger partial charge >= 0.3 is 0 Å². The van der Waals surface area contributed by atoms with Gasteiger partial charge in [-0.15, -0.1) is 0 Å². The van der Waals surface area contributed by atoms with Crippen molar-refractivity contribution in [3.05, 3.63) is 241 Å². The number of hydrogen-bond donors (Lipinski definition) is 0. The largest absolute Gasteiger partial charge is 0.314 e. The normalized spacial score (nSPS) is 13.2. The Labute approximate surface area is 342 Å². The Morgan fingerprint density at radius 3 is 1.56 bits per heavy atom. The van der Waals surface area contributed by atoms with Crippen molar-refractivity contribution in [2.24, 2.45) is 0 Å². The lowest BCUT2D eigenvalue weighted by Gasteiger charge is -2.30. The van der Waals surface area contributed by atoms with Crippen LogP contribution in [0.1, 0.15) is 22.3 Å². The molecule has 0 fully saturated rings. The van der Waals surface area contributed by atoms with E-state index >= 15 is 0 Å². The van der Waals surface area contributed by atoms with E-state index < -0.39 is 0 Å². The Kier molecular flexibility index (Phi) is 6.68. The lowest BCUT2D eigenvalue weighted by Crippen LogP contribution is -2.25. The van der Waals surface area contributed by atoms with E-state index in [4.69, 9.17) is 0 Å². The predicted molar refractivity (Wildman–Crippen MR) is 245 cm³/mol. The number of benzene rings is 9. The number of nitrogens with zero attached hydrogens (tertiary/aromatic N) is 2.